The van der Waals surface area contributed by atoms with Gasteiger partial charge in [0, 0.05) is 38.2 Å². The average Bonchev–Trinajstić information content (AvgIpc) is 3.19. The third-order valence-corrected chi connectivity index (χ3v) is 6.07. The summed E-state index contributed by atoms with van der Waals surface area (Å²) in [5.74, 6) is 0.228. The summed E-state index contributed by atoms with van der Waals surface area (Å²) in [6, 6.07) is 3.22. The number of methoxy groups -OCH3 is 2. The fraction of sp³-hybridized carbons (Fsp3) is 0.579. The van der Waals surface area contributed by atoms with Gasteiger partial charge in [0.25, 0.3) is 0 Å². The third-order valence-electron chi connectivity index (χ3n) is 5.77. The summed E-state index contributed by atoms with van der Waals surface area (Å²) in [5, 5.41) is 12.9. The van der Waals surface area contributed by atoms with Crippen LogP contribution in [0.15, 0.2) is 12.1 Å². The number of carboxylic acid groups (broad SMARTS) is 1. The Morgan fingerprint density at radius 3 is 2.70 bits per heavy atom. The molecule has 2 atom stereocenters. The summed E-state index contributed by atoms with van der Waals surface area (Å²) in [6.45, 7) is 1.81. The lowest BCUT2D eigenvalue weighted by Gasteiger charge is -2.23. The van der Waals surface area contributed by atoms with E-state index >= 15 is 0 Å². The van der Waals surface area contributed by atoms with Gasteiger partial charge in [-0.05, 0) is 18.8 Å². The number of ether oxygens (including phenoxy) is 2. The van der Waals surface area contributed by atoms with Gasteiger partial charge in [-0.1, -0.05) is 18.0 Å². The van der Waals surface area contributed by atoms with Crippen molar-refractivity contribution in [1.29, 1.82) is 0 Å². The summed E-state index contributed by atoms with van der Waals surface area (Å²) in [7, 11) is 3.00. The molecule has 0 unspecified atom stereocenters. The van der Waals surface area contributed by atoms with Crippen molar-refractivity contribution in [3.63, 3.8) is 0 Å². The molecule has 0 aromatic heterocycles. The number of aliphatic carboxylic acids is 1. The zero-order valence-corrected chi connectivity index (χ0v) is 16.3. The molecule has 2 fully saturated rings. The number of likely N-dealkylation sites (tertiary alicyclic amines) is 1. The number of nitrogens with one attached hydrogen (secondary N) is 1. The smallest absolute Gasteiger partial charge is 0.311 e. The first-order valence-corrected chi connectivity index (χ1v) is 9.44. The van der Waals surface area contributed by atoms with Gasteiger partial charge in [-0.25, -0.2) is 0 Å². The van der Waals surface area contributed by atoms with E-state index in [2.05, 4.69) is 10.2 Å². The van der Waals surface area contributed by atoms with Crippen LogP contribution in [0.1, 0.15) is 25.7 Å². The van der Waals surface area contributed by atoms with Gasteiger partial charge < -0.3 is 24.8 Å². The quantitative estimate of drug-likeness (QED) is 0.736. The van der Waals surface area contributed by atoms with Gasteiger partial charge in [0.1, 0.15) is 11.5 Å². The van der Waals surface area contributed by atoms with Crippen molar-refractivity contribution in [2.24, 2.45) is 11.3 Å². The highest BCUT2D eigenvalue weighted by molar-refractivity contribution is 6.32. The van der Waals surface area contributed by atoms with Gasteiger partial charge in [-0.3, -0.25) is 9.59 Å². The molecule has 0 radical (unpaired) electrons. The molecule has 1 heterocycles. The van der Waals surface area contributed by atoms with E-state index in [4.69, 9.17) is 21.1 Å². The van der Waals surface area contributed by atoms with Crippen molar-refractivity contribution < 1.29 is 24.2 Å². The van der Waals surface area contributed by atoms with Gasteiger partial charge >= 0.3 is 5.97 Å². The first-order chi connectivity index (χ1) is 12.9. The topological polar surface area (TPSA) is 88.1 Å². The molecule has 148 valence electrons. The minimum atomic E-state index is -0.699. The lowest BCUT2D eigenvalue weighted by Crippen LogP contribution is -2.36. The fourth-order valence-corrected chi connectivity index (χ4v) is 4.57. The number of carbonyl (C=O) groups is 2. The van der Waals surface area contributed by atoms with E-state index in [1.165, 1.54) is 14.2 Å². The molecular weight excluding hydrogens is 372 g/mol. The molecule has 8 heteroatoms. The van der Waals surface area contributed by atoms with E-state index in [9.17, 15) is 14.7 Å². The number of carboxylic acids is 1. The molecule has 1 saturated heterocycles. The molecule has 1 aliphatic carbocycles. The average molecular weight is 397 g/mol. The molecule has 0 bridgehead atoms. The molecule has 1 amide bonds. The second kappa shape index (κ2) is 7.94. The van der Waals surface area contributed by atoms with Crippen LogP contribution in [0.3, 0.4) is 0 Å². The molecule has 3 rings (SSSR count). The number of rotatable bonds is 7. The Hall–Kier alpha value is -1.99. The normalized spacial score (nSPS) is 24.5. The largest absolute Gasteiger partial charge is 0.495 e. The highest BCUT2D eigenvalue weighted by Crippen LogP contribution is 2.48. The van der Waals surface area contributed by atoms with Crippen LogP contribution >= 0.6 is 11.6 Å². The summed E-state index contributed by atoms with van der Waals surface area (Å²) in [5.41, 5.74) is -0.132. The Morgan fingerprint density at radius 1 is 1.33 bits per heavy atom. The zero-order valence-electron chi connectivity index (χ0n) is 15.6. The Labute approximate surface area is 163 Å². The van der Waals surface area contributed by atoms with E-state index < -0.39 is 11.4 Å². The maximum Gasteiger partial charge on any atom is 0.311 e. The van der Waals surface area contributed by atoms with Crippen molar-refractivity contribution in [3.8, 4) is 11.5 Å². The molecule has 1 saturated carbocycles. The summed E-state index contributed by atoms with van der Waals surface area (Å²) in [4.78, 5) is 26.2. The van der Waals surface area contributed by atoms with E-state index in [-0.39, 0.29) is 18.2 Å². The minimum absolute atomic E-state index is 0.167. The van der Waals surface area contributed by atoms with E-state index in [0.29, 0.717) is 35.3 Å². The van der Waals surface area contributed by atoms with E-state index in [1.54, 1.807) is 12.1 Å². The van der Waals surface area contributed by atoms with Crippen LogP contribution in [-0.2, 0) is 9.59 Å². The Morgan fingerprint density at radius 2 is 2.07 bits per heavy atom. The SMILES string of the molecule is COc1cc(NC(=O)CCN2C[C@@H]3CCC[C@@]3(C(=O)O)C2)c(OC)cc1Cl. The molecule has 1 aromatic carbocycles. The van der Waals surface area contributed by atoms with Crippen molar-refractivity contribution in [2.45, 2.75) is 25.7 Å². The number of hydrogen-bond donors (Lipinski definition) is 2. The predicted molar refractivity (Wildman–Crippen MR) is 102 cm³/mol. The highest BCUT2D eigenvalue weighted by atomic mass is 35.5. The standard InChI is InChI=1S/C19H25ClN2O5/c1-26-15-9-14(16(27-2)8-13(15)20)21-17(23)5-7-22-10-12-4-3-6-19(12,11-22)18(24)25/h8-9,12H,3-7,10-11H2,1-2H3,(H,21,23)(H,24,25)/t12-,19+/m0/s1. The molecule has 2 aliphatic rings. The molecule has 1 aromatic rings. The molecule has 0 spiro atoms. The molecule has 2 N–H and O–H groups in total. The predicted octanol–water partition coefficient (Wildman–Crippen LogP) is 2.87. The van der Waals surface area contributed by atoms with E-state index in [1.807, 2.05) is 0 Å². The second-order valence-electron chi connectivity index (χ2n) is 7.27. The van der Waals surface area contributed by atoms with Crippen LogP contribution in [-0.4, -0.2) is 55.7 Å². The number of anilines is 1. The first-order valence-electron chi connectivity index (χ1n) is 9.06. The monoisotopic (exact) mass is 396 g/mol. The lowest BCUT2D eigenvalue weighted by molar-refractivity contribution is -0.149. The maximum absolute atomic E-state index is 12.4. The van der Waals surface area contributed by atoms with Gasteiger partial charge in [-0.2, -0.15) is 0 Å². The van der Waals surface area contributed by atoms with Gasteiger partial charge in [-0.15, -0.1) is 0 Å². The first kappa shape index (κ1) is 19.8. The number of hydrogen-bond acceptors (Lipinski definition) is 5. The van der Waals surface area contributed by atoms with Crippen molar-refractivity contribution in [1.82, 2.24) is 4.90 Å². The van der Waals surface area contributed by atoms with Gasteiger partial charge in [0.05, 0.1) is 30.3 Å². The number of nitrogens with zero attached hydrogens (tertiary/aromatic N) is 1. The number of fused-ring (bicyclic) bond motifs is 1. The zero-order chi connectivity index (χ0) is 19.6. The number of carbonyl (C=O) groups excluding carboxylic acids is 1. The fourth-order valence-electron chi connectivity index (χ4n) is 4.34. The second-order valence-corrected chi connectivity index (χ2v) is 7.68. The molecule has 1 aliphatic heterocycles. The van der Waals surface area contributed by atoms with Crippen LogP contribution in [0, 0.1) is 11.3 Å². The van der Waals surface area contributed by atoms with Crippen molar-refractivity contribution in [3.05, 3.63) is 17.2 Å². The Bertz CT molecular complexity index is 741. The van der Waals surface area contributed by atoms with Crippen LogP contribution in [0.25, 0.3) is 0 Å². The van der Waals surface area contributed by atoms with E-state index in [0.717, 1.165) is 25.8 Å². The lowest BCUT2D eigenvalue weighted by atomic mass is 9.81. The third kappa shape index (κ3) is 3.84. The maximum atomic E-state index is 12.4. The van der Waals surface area contributed by atoms with Crippen LogP contribution < -0.4 is 14.8 Å². The molecule has 27 heavy (non-hydrogen) atoms. The number of benzene rings is 1. The van der Waals surface area contributed by atoms with Crippen molar-refractivity contribution >= 4 is 29.2 Å². The summed E-state index contributed by atoms with van der Waals surface area (Å²) >= 11 is 6.08. The van der Waals surface area contributed by atoms with Crippen LogP contribution in [0.4, 0.5) is 5.69 Å². The molecule has 7 nitrogen and oxygen atoms in total. The number of amides is 1. The van der Waals surface area contributed by atoms with Crippen LogP contribution in [0.2, 0.25) is 5.02 Å². The summed E-state index contributed by atoms with van der Waals surface area (Å²) in [6.07, 6.45) is 2.94. The van der Waals surface area contributed by atoms with Crippen LogP contribution in [0.5, 0.6) is 11.5 Å². The van der Waals surface area contributed by atoms with Crippen molar-refractivity contribution in [2.75, 3.05) is 39.2 Å². The highest BCUT2D eigenvalue weighted by Gasteiger charge is 2.54. The minimum Gasteiger partial charge on any atom is -0.495 e. The number of halogens is 1. The Kier molecular flexibility index (Phi) is 5.81. The molecular formula is C19H25ClN2O5. The van der Waals surface area contributed by atoms with Gasteiger partial charge in [0.15, 0.2) is 0 Å². The summed E-state index contributed by atoms with van der Waals surface area (Å²) < 4.78 is 10.4. The Balaban J connectivity index is 1.59. The van der Waals surface area contributed by atoms with Gasteiger partial charge in [0.2, 0.25) is 5.91 Å².